The molecule has 0 aliphatic carbocycles. The molecule has 0 saturated carbocycles. The monoisotopic (exact) mass is 279 g/mol. The minimum absolute atomic E-state index is 0.0400. The largest absolute Gasteiger partial charge is 0.478 e. The first kappa shape index (κ1) is 13.0. The van der Waals surface area contributed by atoms with Crippen molar-refractivity contribution in [2.75, 3.05) is 5.32 Å². The van der Waals surface area contributed by atoms with Gasteiger partial charge in [0.2, 0.25) is 0 Å². The van der Waals surface area contributed by atoms with Gasteiger partial charge in [0, 0.05) is 6.54 Å². The Hall–Kier alpha value is -2.48. The maximum Gasteiger partial charge on any atom is 0.345 e. The first-order valence-corrected chi connectivity index (χ1v) is 6.04. The predicted molar refractivity (Wildman–Crippen MR) is 69.5 cm³/mol. The fourth-order valence-electron chi connectivity index (χ4n) is 1.42. The zero-order valence-corrected chi connectivity index (χ0v) is 10.4. The van der Waals surface area contributed by atoms with Gasteiger partial charge in [0.1, 0.15) is 6.20 Å². The summed E-state index contributed by atoms with van der Waals surface area (Å²) < 4.78 is 0. The quantitative estimate of drug-likeness (QED) is 0.643. The summed E-state index contributed by atoms with van der Waals surface area (Å²) in [6, 6.07) is 6.45. The van der Waals surface area contributed by atoms with Crippen LogP contribution in [0.5, 0.6) is 0 Å². The Morgan fingerprint density at radius 2 is 2.32 bits per heavy atom. The van der Waals surface area contributed by atoms with Crippen molar-refractivity contribution in [1.82, 2.24) is 4.98 Å². The number of hydrogen-bond donors (Lipinski definition) is 2. The molecule has 0 aliphatic rings. The SMILES string of the molecule is O=C(O)c1cccc(CNc2ncc([N+](=O)[O-])s2)c1. The number of aromatic carboxylic acids is 1. The third-order valence-electron chi connectivity index (χ3n) is 2.29. The molecular formula is C11H9N3O4S. The summed E-state index contributed by atoms with van der Waals surface area (Å²) in [5.41, 5.74) is 0.960. The second-order valence-electron chi connectivity index (χ2n) is 3.62. The molecule has 0 unspecified atom stereocenters. The Bertz CT molecular complexity index is 626. The van der Waals surface area contributed by atoms with E-state index in [9.17, 15) is 14.9 Å². The summed E-state index contributed by atoms with van der Waals surface area (Å²) >= 11 is 0.933. The molecule has 98 valence electrons. The highest BCUT2D eigenvalue weighted by Gasteiger charge is 2.11. The van der Waals surface area contributed by atoms with Gasteiger partial charge in [0.25, 0.3) is 0 Å². The Kier molecular flexibility index (Phi) is 3.71. The normalized spacial score (nSPS) is 10.1. The summed E-state index contributed by atoms with van der Waals surface area (Å²) in [6.07, 6.45) is 1.18. The number of benzene rings is 1. The molecular weight excluding hydrogens is 270 g/mol. The molecule has 0 bridgehead atoms. The van der Waals surface area contributed by atoms with Gasteiger partial charge in [0.05, 0.1) is 10.5 Å². The second-order valence-corrected chi connectivity index (χ2v) is 4.63. The fraction of sp³-hybridized carbons (Fsp3) is 0.0909. The van der Waals surface area contributed by atoms with Gasteiger partial charge in [-0.05, 0) is 29.0 Å². The molecule has 0 saturated heterocycles. The van der Waals surface area contributed by atoms with E-state index >= 15 is 0 Å². The number of carbonyl (C=O) groups is 1. The molecule has 0 aliphatic heterocycles. The number of aromatic nitrogens is 1. The van der Waals surface area contributed by atoms with Crippen LogP contribution >= 0.6 is 11.3 Å². The first-order chi connectivity index (χ1) is 9.06. The van der Waals surface area contributed by atoms with Crippen molar-refractivity contribution < 1.29 is 14.8 Å². The number of anilines is 1. The second kappa shape index (κ2) is 5.44. The molecule has 0 fully saturated rings. The van der Waals surface area contributed by atoms with Crippen LogP contribution in [0.15, 0.2) is 30.5 Å². The lowest BCUT2D eigenvalue weighted by Gasteiger charge is -2.03. The lowest BCUT2D eigenvalue weighted by molar-refractivity contribution is -0.380. The average molecular weight is 279 g/mol. The summed E-state index contributed by atoms with van der Waals surface area (Å²) in [7, 11) is 0. The highest BCUT2D eigenvalue weighted by atomic mass is 32.1. The zero-order valence-electron chi connectivity index (χ0n) is 9.57. The molecule has 1 aromatic heterocycles. The Balaban J connectivity index is 2.03. The van der Waals surface area contributed by atoms with E-state index in [1.807, 2.05) is 0 Å². The van der Waals surface area contributed by atoms with Crippen LogP contribution in [0.3, 0.4) is 0 Å². The van der Waals surface area contributed by atoms with Gasteiger partial charge < -0.3 is 10.4 Å². The van der Waals surface area contributed by atoms with Crippen molar-refractivity contribution in [1.29, 1.82) is 0 Å². The van der Waals surface area contributed by atoms with Gasteiger partial charge in [-0.15, -0.1) is 0 Å². The fourth-order valence-corrected chi connectivity index (χ4v) is 2.05. The van der Waals surface area contributed by atoms with Gasteiger partial charge in [-0.25, -0.2) is 9.78 Å². The predicted octanol–water partition coefficient (Wildman–Crippen LogP) is 2.36. The third kappa shape index (κ3) is 3.26. The number of nitrogens with one attached hydrogen (secondary N) is 1. The molecule has 2 aromatic rings. The van der Waals surface area contributed by atoms with Gasteiger partial charge in [-0.1, -0.05) is 12.1 Å². The van der Waals surface area contributed by atoms with Crippen molar-refractivity contribution in [2.45, 2.75) is 6.54 Å². The van der Waals surface area contributed by atoms with E-state index in [1.165, 1.54) is 18.3 Å². The smallest absolute Gasteiger partial charge is 0.345 e. The third-order valence-corrected chi connectivity index (χ3v) is 3.20. The van der Waals surface area contributed by atoms with E-state index < -0.39 is 10.9 Å². The lowest BCUT2D eigenvalue weighted by atomic mass is 10.1. The van der Waals surface area contributed by atoms with Crippen LogP contribution in [0.2, 0.25) is 0 Å². The van der Waals surface area contributed by atoms with Crippen molar-refractivity contribution >= 4 is 27.4 Å². The average Bonchev–Trinajstić information content (AvgIpc) is 2.85. The van der Waals surface area contributed by atoms with Crippen molar-refractivity contribution in [3.05, 3.63) is 51.7 Å². The van der Waals surface area contributed by atoms with Gasteiger partial charge in [0.15, 0.2) is 5.13 Å². The van der Waals surface area contributed by atoms with Crippen LogP contribution in [0.25, 0.3) is 0 Å². The highest BCUT2D eigenvalue weighted by Crippen LogP contribution is 2.25. The van der Waals surface area contributed by atoms with Crippen LogP contribution < -0.4 is 5.32 Å². The molecule has 0 spiro atoms. The Morgan fingerprint density at radius 1 is 1.53 bits per heavy atom. The number of carboxylic acid groups (broad SMARTS) is 1. The molecule has 2 N–H and O–H groups in total. The molecule has 1 aromatic carbocycles. The molecule has 2 rings (SSSR count). The lowest BCUT2D eigenvalue weighted by Crippen LogP contribution is -2.01. The zero-order chi connectivity index (χ0) is 13.8. The van der Waals surface area contributed by atoms with Crippen molar-refractivity contribution in [3.63, 3.8) is 0 Å². The number of rotatable bonds is 5. The van der Waals surface area contributed by atoms with Crippen LogP contribution in [-0.4, -0.2) is 21.0 Å². The number of thiazole rings is 1. The van der Waals surface area contributed by atoms with E-state index in [4.69, 9.17) is 5.11 Å². The number of hydrogen-bond acceptors (Lipinski definition) is 6. The van der Waals surface area contributed by atoms with Crippen LogP contribution in [0.4, 0.5) is 10.1 Å². The molecule has 19 heavy (non-hydrogen) atoms. The van der Waals surface area contributed by atoms with Crippen molar-refractivity contribution in [3.8, 4) is 0 Å². The van der Waals surface area contributed by atoms with E-state index in [-0.39, 0.29) is 10.6 Å². The van der Waals surface area contributed by atoms with E-state index in [2.05, 4.69) is 10.3 Å². The van der Waals surface area contributed by atoms with Crippen molar-refractivity contribution in [2.24, 2.45) is 0 Å². The summed E-state index contributed by atoms with van der Waals surface area (Å²) in [5, 5.41) is 22.6. The molecule has 0 atom stereocenters. The summed E-state index contributed by atoms with van der Waals surface area (Å²) in [6.45, 7) is 0.353. The molecule has 8 heteroatoms. The maximum atomic E-state index is 10.8. The van der Waals surface area contributed by atoms with Gasteiger partial charge in [-0.3, -0.25) is 10.1 Å². The number of carboxylic acids is 1. The van der Waals surface area contributed by atoms with E-state index in [1.54, 1.807) is 12.1 Å². The van der Waals surface area contributed by atoms with Crippen LogP contribution in [-0.2, 0) is 6.54 Å². The maximum absolute atomic E-state index is 10.8. The van der Waals surface area contributed by atoms with Crippen LogP contribution in [0, 0.1) is 10.1 Å². The number of nitro groups is 1. The standard InChI is InChI=1S/C11H9N3O4S/c15-10(16)8-3-1-2-7(4-8)5-12-11-13-6-9(19-11)14(17)18/h1-4,6H,5H2,(H,12,13)(H,15,16). The summed E-state index contributed by atoms with van der Waals surface area (Å²) in [5.74, 6) is -0.994. The van der Waals surface area contributed by atoms with Gasteiger partial charge in [-0.2, -0.15) is 0 Å². The van der Waals surface area contributed by atoms with E-state index in [0.29, 0.717) is 11.7 Å². The Morgan fingerprint density at radius 3 is 2.95 bits per heavy atom. The molecule has 0 amide bonds. The van der Waals surface area contributed by atoms with E-state index in [0.717, 1.165) is 16.9 Å². The van der Waals surface area contributed by atoms with Gasteiger partial charge >= 0.3 is 11.0 Å². The molecule has 7 nitrogen and oxygen atoms in total. The number of nitrogens with zero attached hydrogens (tertiary/aromatic N) is 2. The topological polar surface area (TPSA) is 105 Å². The first-order valence-electron chi connectivity index (χ1n) is 5.22. The minimum atomic E-state index is -0.994. The van der Waals surface area contributed by atoms with Crippen LogP contribution in [0.1, 0.15) is 15.9 Å². The minimum Gasteiger partial charge on any atom is -0.478 e. The summed E-state index contributed by atoms with van der Waals surface area (Å²) in [4.78, 5) is 24.6. The Labute approximate surface area is 111 Å². The molecule has 0 radical (unpaired) electrons. The molecule has 1 heterocycles. The highest BCUT2D eigenvalue weighted by molar-refractivity contribution is 7.18.